The summed E-state index contributed by atoms with van der Waals surface area (Å²) in [6, 6.07) is 3.09. The summed E-state index contributed by atoms with van der Waals surface area (Å²) in [6.45, 7) is 7.11. The van der Waals surface area contributed by atoms with E-state index in [9.17, 15) is 9.59 Å². The minimum absolute atomic E-state index is 0.0732. The van der Waals surface area contributed by atoms with Gasteiger partial charge >= 0.3 is 0 Å². The molecule has 2 unspecified atom stereocenters. The SMILES string of the molecule is CC1C(=O)NC(C)(C)C(=O)N1C(C)c1cccnc1. The molecule has 2 rings (SSSR count). The third-order valence-corrected chi connectivity index (χ3v) is 3.59. The number of pyridine rings is 1. The lowest BCUT2D eigenvalue weighted by Gasteiger charge is -2.44. The number of hydrogen-bond donors (Lipinski definition) is 1. The van der Waals surface area contributed by atoms with Gasteiger partial charge in [-0.05, 0) is 39.3 Å². The van der Waals surface area contributed by atoms with Gasteiger partial charge in [-0.1, -0.05) is 6.07 Å². The van der Waals surface area contributed by atoms with Crippen LogP contribution >= 0.6 is 0 Å². The summed E-state index contributed by atoms with van der Waals surface area (Å²) in [6.07, 6.45) is 3.42. The van der Waals surface area contributed by atoms with E-state index in [1.54, 1.807) is 38.1 Å². The Labute approximate surface area is 113 Å². The van der Waals surface area contributed by atoms with Gasteiger partial charge < -0.3 is 10.2 Å². The number of hydrogen-bond acceptors (Lipinski definition) is 3. The van der Waals surface area contributed by atoms with Crippen molar-refractivity contribution in [1.29, 1.82) is 0 Å². The van der Waals surface area contributed by atoms with Gasteiger partial charge in [0.15, 0.2) is 0 Å². The molecule has 1 aliphatic rings. The molecule has 2 heterocycles. The highest BCUT2D eigenvalue weighted by Gasteiger charge is 2.45. The van der Waals surface area contributed by atoms with Crippen LogP contribution in [-0.2, 0) is 9.59 Å². The molecule has 5 heteroatoms. The van der Waals surface area contributed by atoms with E-state index >= 15 is 0 Å². The Bertz CT molecular complexity index is 499. The number of amides is 2. The highest BCUT2D eigenvalue weighted by atomic mass is 16.2. The van der Waals surface area contributed by atoms with Crippen molar-refractivity contribution in [3.8, 4) is 0 Å². The highest BCUT2D eigenvalue weighted by Crippen LogP contribution is 2.28. The van der Waals surface area contributed by atoms with E-state index in [1.807, 2.05) is 19.1 Å². The lowest BCUT2D eigenvalue weighted by Crippen LogP contribution is -2.67. The number of rotatable bonds is 2. The van der Waals surface area contributed by atoms with Crippen LogP contribution in [0.5, 0.6) is 0 Å². The monoisotopic (exact) mass is 261 g/mol. The zero-order valence-corrected chi connectivity index (χ0v) is 11.7. The van der Waals surface area contributed by atoms with Gasteiger partial charge in [-0.2, -0.15) is 0 Å². The summed E-state index contributed by atoms with van der Waals surface area (Å²) in [7, 11) is 0. The molecule has 19 heavy (non-hydrogen) atoms. The predicted molar refractivity (Wildman–Crippen MR) is 71.2 cm³/mol. The van der Waals surface area contributed by atoms with Crippen LogP contribution in [0.25, 0.3) is 0 Å². The van der Waals surface area contributed by atoms with Crippen LogP contribution < -0.4 is 5.32 Å². The van der Waals surface area contributed by atoms with E-state index in [2.05, 4.69) is 10.3 Å². The molecule has 1 aromatic heterocycles. The van der Waals surface area contributed by atoms with Crippen LogP contribution in [-0.4, -0.2) is 33.3 Å². The summed E-state index contributed by atoms with van der Waals surface area (Å²) in [5.41, 5.74) is 0.0632. The van der Waals surface area contributed by atoms with Crippen LogP contribution in [0.4, 0.5) is 0 Å². The quantitative estimate of drug-likeness (QED) is 0.872. The predicted octanol–water partition coefficient (Wildman–Crippen LogP) is 1.27. The van der Waals surface area contributed by atoms with E-state index in [0.29, 0.717) is 0 Å². The molecule has 1 saturated heterocycles. The van der Waals surface area contributed by atoms with Crippen LogP contribution in [0, 0.1) is 0 Å². The first-order valence-corrected chi connectivity index (χ1v) is 6.39. The number of carbonyl (C=O) groups excluding carboxylic acids is 2. The molecule has 1 aliphatic heterocycles. The van der Waals surface area contributed by atoms with E-state index in [-0.39, 0.29) is 17.9 Å². The average Bonchev–Trinajstić information content (AvgIpc) is 2.37. The Morgan fingerprint density at radius 3 is 2.68 bits per heavy atom. The van der Waals surface area contributed by atoms with Crippen molar-refractivity contribution in [3.05, 3.63) is 30.1 Å². The van der Waals surface area contributed by atoms with Crippen molar-refractivity contribution < 1.29 is 9.59 Å². The number of nitrogens with zero attached hydrogens (tertiary/aromatic N) is 2. The molecular formula is C14H19N3O2. The first-order chi connectivity index (χ1) is 8.84. The van der Waals surface area contributed by atoms with Gasteiger partial charge in [0.05, 0.1) is 6.04 Å². The minimum atomic E-state index is -0.861. The van der Waals surface area contributed by atoms with Gasteiger partial charge in [0, 0.05) is 12.4 Å². The summed E-state index contributed by atoms with van der Waals surface area (Å²) in [5.74, 6) is -0.198. The molecule has 0 saturated carbocycles. The van der Waals surface area contributed by atoms with Gasteiger partial charge in [0.1, 0.15) is 11.6 Å². The number of carbonyl (C=O) groups is 2. The molecule has 1 aromatic rings. The molecule has 102 valence electrons. The Morgan fingerprint density at radius 1 is 1.42 bits per heavy atom. The smallest absolute Gasteiger partial charge is 0.248 e. The van der Waals surface area contributed by atoms with Gasteiger partial charge in [0.25, 0.3) is 0 Å². The van der Waals surface area contributed by atoms with Crippen molar-refractivity contribution in [1.82, 2.24) is 15.2 Å². The topological polar surface area (TPSA) is 62.3 Å². The molecule has 0 bridgehead atoms. The van der Waals surface area contributed by atoms with Crippen LogP contribution in [0.1, 0.15) is 39.3 Å². The third-order valence-electron chi connectivity index (χ3n) is 3.59. The summed E-state index contributed by atoms with van der Waals surface area (Å²) < 4.78 is 0. The fourth-order valence-corrected chi connectivity index (χ4v) is 2.39. The van der Waals surface area contributed by atoms with E-state index in [4.69, 9.17) is 0 Å². The average molecular weight is 261 g/mol. The number of nitrogens with one attached hydrogen (secondary N) is 1. The molecule has 1 fully saturated rings. The maximum atomic E-state index is 12.5. The van der Waals surface area contributed by atoms with Crippen molar-refractivity contribution in [3.63, 3.8) is 0 Å². The summed E-state index contributed by atoms with van der Waals surface area (Å²) in [4.78, 5) is 30.2. The highest BCUT2D eigenvalue weighted by molar-refractivity contribution is 5.99. The Morgan fingerprint density at radius 2 is 2.11 bits per heavy atom. The lowest BCUT2D eigenvalue weighted by molar-refractivity contribution is -0.155. The Balaban J connectivity index is 2.36. The van der Waals surface area contributed by atoms with Crippen molar-refractivity contribution in [2.24, 2.45) is 0 Å². The Kier molecular flexibility index (Phi) is 3.30. The molecule has 1 N–H and O–H groups in total. The first-order valence-electron chi connectivity index (χ1n) is 6.39. The van der Waals surface area contributed by atoms with Crippen molar-refractivity contribution >= 4 is 11.8 Å². The zero-order valence-electron chi connectivity index (χ0n) is 11.7. The maximum absolute atomic E-state index is 12.5. The fourth-order valence-electron chi connectivity index (χ4n) is 2.39. The second-order valence-electron chi connectivity index (χ2n) is 5.46. The van der Waals surface area contributed by atoms with Crippen LogP contribution in [0.3, 0.4) is 0 Å². The molecule has 2 atom stereocenters. The standard InChI is InChI=1S/C14H19N3O2/c1-9(11-6-5-7-15-8-11)17-10(2)12(18)16-14(3,4)13(17)19/h5-10H,1-4H3,(H,16,18). The van der Waals surface area contributed by atoms with Crippen LogP contribution in [0.2, 0.25) is 0 Å². The van der Waals surface area contributed by atoms with Crippen LogP contribution in [0.15, 0.2) is 24.5 Å². The second kappa shape index (κ2) is 4.64. The summed E-state index contributed by atoms with van der Waals surface area (Å²) in [5, 5.41) is 2.75. The van der Waals surface area contributed by atoms with E-state index in [1.165, 1.54) is 0 Å². The molecule has 0 spiro atoms. The second-order valence-corrected chi connectivity index (χ2v) is 5.46. The van der Waals surface area contributed by atoms with E-state index < -0.39 is 11.6 Å². The molecule has 2 amide bonds. The zero-order chi connectivity index (χ0) is 14.2. The van der Waals surface area contributed by atoms with Gasteiger partial charge in [0.2, 0.25) is 11.8 Å². The first kappa shape index (κ1) is 13.5. The van der Waals surface area contributed by atoms with Gasteiger partial charge in [-0.15, -0.1) is 0 Å². The number of aromatic nitrogens is 1. The third kappa shape index (κ3) is 2.32. The normalized spacial score (nSPS) is 24.0. The molecule has 5 nitrogen and oxygen atoms in total. The molecule has 0 radical (unpaired) electrons. The van der Waals surface area contributed by atoms with Crippen molar-refractivity contribution in [2.45, 2.75) is 45.3 Å². The molecular weight excluding hydrogens is 242 g/mol. The molecule has 0 aliphatic carbocycles. The Hall–Kier alpha value is -1.91. The number of piperazine rings is 1. The van der Waals surface area contributed by atoms with E-state index in [0.717, 1.165) is 5.56 Å². The fraction of sp³-hybridized carbons (Fsp3) is 0.500. The maximum Gasteiger partial charge on any atom is 0.248 e. The largest absolute Gasteiger partial charge is 0.340 e. The molecule has 0 aromatic carbocycles. The lowest BCUT2D eigenvalue weighted by atomic mass is 9.94. The van der Waals surface area contributed by atoms with Gasteiger partial charge in [-0.3, -0.25) is 14.6 Å². The van der Waals surface area contributed by atoms with Gasteiger partial charge in [-0.25, -0.2) is 0 Å². The van der Waals surface area contributed by atoms with Crippen molar-refractivity contribution in [2.75, 3.05) is 0 Å². The minimum Gasteiger partial charge on any atom is -0.340 e. The summed E-state index contributed by atoms with van der Waals surface area (Å²) >= 11 is 0.